The highest BCUT2D eigenvalue weighted by molar-refractivity contribution is 5.95. The summed E-state index contributed by atoms with van der Waals surface area (Å²) >= 11 is 0. The average molecular weight is 383 g/mol. The van der Waals surface area contributed by atoms with Gasteiger partial charge >= 0.3 is 0 Å². The maximum atomic E-state index is 12.9. The molecule has 3 aromatic heterocycles. The van der Waals surface area contributed by atoms with E-state index in [1.807, 2.05) is 46.2 Å². The minimum Gasteiger partial charge on any atom is -0.346 e. The fraction of sp³-hybridized carbons (Fsp3) is 0.174. The zero-order valence-corrected chi connectivity index (χ0v) is 16.0. The Labute approximate surface area is 168 Å². The number of fused-ring (bicyclic) bond motifs is 1. The maximum absolute atomic E-state index is 12.9. The van der Waals surface area contributed by atoms with Gasteiger partial charge in [-0.1, -0.05) is 36.4 Å². The third kappa shape index (κ3) is 3.45. The van der Waals surface area contributed by atoms with Crippen LogP contribution in [-0.2, 0) is 6.54 Å². The van der Waals surface area contributed by atoms with Crippen molar-refractivity contribution in [3.8, 4) is 0 Å². The molecule has 5 rings (SSSR count). The highest BCUT2D eigenvalue weighted by Gasteiger charge is 2.21. The Morgan fingerprint density at radius 3 is 2.86 bits per heavy atom. The number of hydrogen-bond donors (Lipinski definition) is 1. The van der Waals surface area contributed by atoms with E-state index in [9.17, 15) is 4.79 Å². The normalized spacial score (nSPS) is 14.2. The largest absolute Gasteiger partial charge is 0.346 e. The first-order chi connectivity index (χ1) is 14.3. The Morgan fingerprint density at radius 2 is 2.03 bits per heavy atom. The molecule has 6 heteroatoms. The van der Waals surface area contributed by atoms with Crippen molar-refractivity contribution in [1.82, 2.24) is 24.6 Å². The van der Waals surface area contributed by atoms with Crippen molar-refractivity contribution >= 4 is 22.5 Å². The number of nitrogens with zero attached hydrogens (tertiary/aromatic N) is 4. The number of nitrogens with one attached hydrogen (secondary N) is 1. The molecule has 0 spiro atoms. The fourth-order valence-corrected chi connectivity index (χ4v) is 3.83. The minimum absolute atomic E-state index is 0.0280. The van der Waals surface area contributed by atoms with Crippen LogP contribution in [-0.4, -0.2) is 43.6 Å². The molecule has 0 saturated heterocycles. The molecule has 1 N–H and O–H groups in total. The molecule has 0 aliphatic carbocycles. The molecule has 4 heterocycles. The highest BCUT2D eigenvalue weighted by atomic mass is 16.2. The van der Waals surface area contributed by atoms with Crippen LogP contribution in [0.1, 0.15) is 27.9 Å². The van der Waals surface area contributed by atoms with Gasteiger partial charge < -0.3 is 9.88 Å². The number of aromatic nitrogens is 4. The van der Waals surface area contributed by atoms with Gasteiger partial charge in [-0.15, -0.1) is 0 Å². The number of rotatable bonds is 4. The highest BCUT2D eigenvalue weighted by Crippen LogP contribution is 2.28. The molecule has 0 radical (unpaired) electrons. The van der Waals surface area contributed by atoms with Crippen LogP contribution in [0.5, 0.6) is 0 Å². The number of carbonyl (C=O) groups excluding carboxylic acids is 1. The number of pyridine rings is 1. The first-order valence-electron chi connectivity index (χ1n) is 9.75. The zero-order valence-electron chi connectivity index (χ0n) is 16.0. The van der Waals surface area contributed by atoms with Crippen molar-refractivity contribution in [1.29, 1.82) is 0 Å². The molecular formula is C23H21N5O. The van der Waals surface area contributed by atoms with Crippen LogP contribution in [0.3, 0.4) is 0 Å². The van der Waals surface area contributed by atoms with Crippen LogP contribution in [0.15, 0.2) is 73.3 Å². The summed E-state index contributed by atoms with van der Waals surface area (Å²) in [5.41, 5.74) is 5.12. The fourth-order valence-electron chi connectivity index (χ4n) is 3.83. The van der Waals surface area contributed by atoms with Crippen molar-refractivity contribution in [3.63, 3.8) is 0 Å². The average Bonchev–Trinajstić information content (AvgIpc) is 3.41. The van der Waals surface area contributed by atoms with E-state index >= 15 is 0 Å². The number of H-pyrrole nitrogens is 1. The van der Waals surface area contributed by atoms with Gasteiger partial charge in [0.05, 0.1) is 18.3 Å². The summed E-state index contributed by atoms with van der Waals surface area (Å²) in [6.45, 7) is 1.96. The third-order valence-corrected chi connectivity index (χ3v) is 5.36. The molecule has 144 valence electrons. The molecule has 0 saturated carbocycles. The Bertz CT molecular complexity index is 1190. The second kappa shape index (κ2) is 7.39. The first kappa shape index (κ1) is 17.4. The second-order valence-electron chi connectivity index (χ2n) is 7.24. The van der Waals surface area contributed by atoms with E-state index in [1.165, 1.54) is 11.1 Å². The standard InChI is InChI=1S/C23H21N5O/c29-23(19-13-26-28(16-19)15-17-5-2-1-3-6-17)27-11-8-18(9-12-27)21-14-25-22-20(21)7-4-10-24-22/h1-8,10,13-14,16H,9,11-12,15H2,(H,24,25). The van der Waals surface area contributed by atoms with Gasteiger partial charge in [0.25, 0.3) is 5.91 Å². The molecule has 29 heavy (non-hydrogen) atoms. The summed E-state index contributed by atoms with van der Waals surface area (Å²) in [4.78, 5) is 22.4. The lowest BCUT2D eigenvalue weighted by Gasteiger charge is -2.26. The van der Waals surface area contributed by atoms with Crippen LogP contribution in [0.4, 0.5) is 0 Å². The molecule has 1 aliphatic rings. The van der Waals surface area contributed by atoms with E-state index in [-0.39, 0.29) is 5.91 Å². The molecule has 0 fully saturated rings. The van der Waals surface area contributed by atoms with E-state index < -0.39 is 0 Å². The predicted molar refractivity (Wildman–Crippen MR) is 112 cm³/mol. The monoisotopic (exact) mass is 383 g/mol. The molecule has 1 aromatic carbocycles. The van der Waals surface area contributed by atoms with Gasteiger partial charge in [0.2, 0.25) is 0 Å². The Hall–Kier alpha value is -3.67. The Morgan fingerprint density at radius 1 is 1.14 bits per heavy atom. The van der Waals surface area contributed by atoms with Gasteiger partial charge in [0.15, 0.2) is 0 Å². The zero-order chi connectivity index (χ0) is 19.6. The number of amides is 1. The lowest BCUT2D eigenvalue weighted by atomic mass is 9.99. The number of aromatic amines is 1. The quantitative estimate of drug-likeness (QED) is 0.584. The Kier molecular flexibility index (Phi) is 4.44. The number of carbonyl (C=O) groups is 1. The third-order valence-electron chi connectivity index (χ3n) is 5.36. The summed E-state index contributed by atoms with van der Waals surface area (Å²) in [5, 5.41) is 5.49. The summed E-state index contributed by atoms with van der Waals surface area (Å²) < 4.78 is 1.81. The molecular weight excluding hydrogens is 362 g/mol. The van der Waals surface area contributed by atoms with E-state index in [0.717, 1.165) is 23.0 Å². The molecule has 0 atom stereocenters. The molecule has 6 nitrogen and oxygen atoms in total. The van der Waals surface area contributed by atoms with Crippen LogP contribution in [0.25, 0.3) is 16.6 Å². The van der Waals surface area contributed by atoms with Crippen molar-refractivity contribution in [3.05, 3.63) is 90.0 Å². The topological polar surface area (TPSA) is 66.8 Å². The predicted octanol–water partition coefficient (Wildman–Crippen LogP) is 3.74. The van der Waals surface area contributed by atoms with Crippen LogP contribution >= 0.6 is 0 Å². The van der Waals surface area contributed by atoms with Crippen LogP contribution in [0.2, 0.25) is 0 Å². The van der Waals surface area contributed by atoms with Crippen LogP contribution < -0.4 is 0 Å². The summed E-state index contributed by atoms with van der Waals surface area (Å²) in [6.07, 6.45) is 10.3. The number of hydrogen-bond acceptors (Lipinski definition) is 3. The van der Waals surface area contributed by atoms with E-state index in [4.69, 9.17) is 0 Å². The smallest absolute Gasteiger partial charge is 0.257 e. The lowest BCUT2D eigenvalue weighted by molar-refractivity contribution is 0.0773. The summed E-state index contributed by atoms with van der Waals surface area (Å²) in [5.74, 6) is 0.0280. The van der Waals surface area contributed by atoms with Crippen LogP contribution in [0, 0.1) is 0 Å². The molecule has 0 unspecified atom stereocenters. The van der Waals surface area contributed by atoms with Gasteiger partial charge in [0, 0.05) is 42.6 Å². The van der Waals surface area contributed by atoms with E-state index in [1.54, 1.807) is 12.4 Å². The van der Waals surface area contributed by atoms with Crippen molar-refractivity contribution < 1.29 is 4.79 Å². The van der Waals surface area contributed by atoms with Gasteiger partial charge in [0.1, 0.15) is 5.65 Å². The minimum atomic E-state index is 0.0280. The molecule has 1 amide bonds. The first-order valence-corrected chi connectivity index (χ1v) is 9.75. The Balaban J connectivity index is 1.29. The van der Waals surface area contributed by atoms with Crippen molar-refractivity contribution in [2.24, 2.45) is 0 Å². The summed E-state index contributed by atoms with van der Waals surface area (Å²) in [6, 6.07) is 14.1. The van der Waals surface area contributed by atoms with E-state index in [0.29, 0.717) is 25.2 Å². The lowest BCUT2D eigenvalue weighted by Crippen LogP contribution is -2.34. The van der Waals surface area contributed by atoms with Crippen molar-refractivity contribution in [2.45, 2.75) is 13.0 Å². The van der Waals surface area contributed by atoms with E-state index in [2.05, 4.69) is 39.3 Å². The van der Waals surface area contributed by atoms with Gasteiger partial charge in [-0.2, -0.15) is 5.10 Å². The summed E-state index contributed by atoms with van der Waals surface area (Å²) in [7, 11) is 0. The second-order valence-corrected chi connectivity index (χ2v) is 7.24. The molecule has 4 aromatic rings. The SMILES string of the molecule is O=C(c1cnn(Cc2ccccc2)c1)N1CC=C(c2c[nH]c3ncccc23)CC1. The van der Waals surface area contributed by atoms with Gasteiger partial charge in [-0.05, 0) is 29.7 Å². The van der Waals surface area contributed by atoms with Crippen molar-refractivity contribution in [2.75, 3.05) is 13.1 Å². The molecule has 0 bridgehead atoms. The van der Waals surface area contributed by atoms with Gasteiger partial charge in [-0.25, -0.2) is 4.98 Å². The maximum Gasteiger partial charge on any atom is 0.257 e. The molecule has 1 aliphatic heterocycles. The number of benzene rings is 1. The van der Waals surface area contributed by atoms with Gasteiger partial charge in [-0.3, -0.25) is 9.48 Å².